The molecule has 0 radical (unpaired) electrons. The molecule has 0 saturated carbocycles. The van der Waals surface area contributed by atoms with Crippen LogP contribution in [0.4, 0.5) is 0 Å². The predicted molar refractivity (Wildman–Crippen MR) is 92.4 cm³/mol. The molecule has 6 heteroatoms. The van der Waals surface area contributed by atoms with Crippen molar-refractivity contribution in [1.29, 1.82) is 5.26 Å². The molecule has 0 aromatic carbocycles. The fraction of sp³-hybridized carbons (Fsp3) is 0.333. The van der Waals surface area contributed by atoms with Crippen molar-refractivity contribution < 1.29 is 0 Å². The lowest BCUT2D eigenvalue weighted by Crippen LogP contribution is -2.27. The van der Waals surface area contributed by atoms with Crippen molar-refractivity contribution in [2.24, 2.45) is 12.5 Å². The van der Waals surface area contributed by atoms with Crippen molar-refractivity contribution in [2.45, 2.75) is 27.3 Å². The van der Waals surface area contributed by atoms with E-state index in [2.05, 4.69) is 36.8 Å². The first-order valence-corrected chi connectivity index (χ1v) is 7.72. The Kier molecular flexibility index (Phi) is 3.72. The van der Waals surface area contributed by atoms with Gasteiger partial charge in [-0.1, -0.05) is 20.8 Å². The van der Waals surface area contributed by atoms with Gasteiger partial charge in [-0.25, -0.2) is 9.78 Å². The summed E-state index contributed by atoms with van der Waals surface area (Å²) in [7, 11) is 1.72. The van der Waals surface area contributed by atoms with Gasteiger partial charge in [-0.15, -0.1) is 0 Å². The van der Waals surface area contributed by atoms with Crippen LogP contribution in [-0.4, -0.2) is 19.1 Å². The summed E-state index contributed by atoms with van der Waals surface area (Å²) < 4.78 is 3.30. The van der Waals surface area contributed by atoms with E-state index in [0.717, 1.165) is 5.52 Å². The van der Waals surface area contributed by atoms with Gasteiger partial charge >= 0.3 is 5.69 Å². The lowest BCUT2D eigenvalue weighted by Gasteiger charge is -2.18. The van der Waals surface area contributed by atoms with Gasteiger partial charge < -0.3 is 0 Å². The Balaban J connectivity index is 2.22. The summed E-state index contributed by atoms with van der Waals surface area (Å²) in [6.07, 6.45) is 3.20. The van der Waals surface area contributed by atoms with Crippen LogP contribution >= 0.6 is 0 Å². The van der Waals surface area contributed by atoms with Crippen LogP contribution in [0.25, 0.3) is 22.4 Å². The van der Waals surface area contributed by atoms with E-state index in [4.69, 9.17) is 0 Å². The van der Waals surface area contributed by atoms with Crippen LogP contribution in [0.15, 0.2) is 35.4 Å². The van der Waals surface area contributed by atoms with E-state index in [1.165, 1.54) is 0 Å². The van der Waals surface area contributed by atoms with E-state index in [1.807, 2.05) is 12.1 Å². The molecule has 0 amide bonds. The minimum atomic E-state index is -0.0868. The van der Waals surface area contributed by atoms with Gasteiger partial charge in [0.2, 0.25) is 0 Å². The number of nitrogens with zero attached hydrogens (tertiary/aromatic N) is 5. The van der Waals surface area contributed by atoms with Crippen LogP contribution in [0.3, 0.4) is 0 Å². The first-order chi connectivity index (χ1) is 11.3. The van der Waals surface area contributed by atoms with Gasteiger partial charge in [0.05, 0.1) is 22.8 Å². The van der Waals surface area contributed by atoms with Crippen LogP contribution in [0.2, 0.25) is 0 Å². The Morgan fingerprint density at radius 2 is 2.00 bits per heavy atom. The summed E-state index contributed by atoms with van der Waals surface area (Å²) in [6.45, 7) is 6.89. The van der Waals surface area contributed by atoms with Gasteiger partial charge in [0.15, 0.2) is 5.65 Å². The molecule has 0 aliphatic carbocycles. The van der Waals surface area contributed by atoms with Gasteiger partial charge in [-0.05, 0) is 23.6 Å². The zero-order valence-electron chi connectivity index (χ0n) is 14.2. The van der Waals surface area contributed by atoms with Gasteiger partial charge in [-0.2, -0.15) is 5.26 Å². The van der Waals surface area contributed by atoms with Crippen molar-refractivity contribution in [2.75, 3.05) is 0 Å². The van der Waals surface area contributed by atoms with Gasteiger partial charge in [0.25, 0.3) is 0 Å². The Morgan fingerprint density at radius 1 is 1.25 bits per heavy atom. The number of imidazole rings is 1. The van der Waals surface area contributed by atoms with Crippen LogP contribution < -0.4 is 5.69 Å². The van der Waals surface area contributed by atoms with Crippen molar-refractivity contribution in [3.05, 3.63) is 46.6 Å². The van der Waals surface area contributed by atoms with Crippen LogP contribution in [0.5, 0.6) is 0 Å². The molecular formula is C18H19N5O. The number of hydrogen-bond acceptors (Lipinski definition) is 4. The summed E-state index contributed by atoms with van der Waals surface area (Å²) in [5.74, 6) is 0. The highest BCUT2D eigenvalue weighted by Crippen LogP contribution is 2.24. The van der Waals surface area contributed by atoms with Crippen LogP contribution in [-0.2, 0) is 13.6 Å². The molecule has 0 atom stereocenters. The van der Waals surface area contributed by atoms with E-state index in [1.54, 1.807) is 34.6 Å². The largest absolute Gasteiger partial charge is 0.330 e. The average molecular weight is 321 g/mol. The fourth-order valence-corrected chi connectivity index (χ4v) is 2.75. The molecule has 3 aromatic heterocycles. The summed E-state index contributed by atoms with van der Waals surface area (Å²) in [6, 6.07) is 7.53. The maximum Gasteiger partial charge on any atom is 0.330 e. The van der Waals surface area contributed by atoms with E-state index < -0.39 is 0 Å². The van der Waals surface area contributed by atoms with Crippen molar-refractivity contribution in [3.8, 4) is 17.3 Å². The Labute approximate surface area is 140 Å². The Morgan fingerprint density at radius 3 is 2.67 bits per heavy atom. The molecule has 122 valence electrons. The lowest BCUT2D eigenvalue weighted by atomic mass is 9.97. The zero-order chi connectivity index (χ0) is 17.5. The number of pyridine rings is 2. The standard InChI is InChI=1S/C18H19N5O/c1-18(2,3)11-23-15-6-5-14(21-16(15)22(4)17(23)24)13-10-20-8-7-12(13)9-19/h5-8,10H,11H2,1-4H3. The van der Waals surface area contributed by atoms with E-state index in [-0.39, 0.29) is 11.1 Å². The number of nitriles is 1. The van der Waals surface area contributed by atoms with Gasteiger partial charge in [-0.3, -0.25) is 14.1 Å². The predicted octanol–water partition coefficient (Wildman–Crippen LogP) is 2.71. The van der Waals surface area contributed by atoms with Crippen LogP contribution in [0, 0.1) is 16.7 Å². The fourth-order valence-electron chi connectivity index (χ4n) is 2.75. The quantitative estimate of drug-likeness (QED) is 0.727. The highest BCUT2D eigenvalue weighted by molar-refractivity contribution is 5.77. The van der Waals surface area contributed by atoms with Crippen molar-refractivity contribution >= 4 is 11.2 Å². The summed E-state index contributed by atoms with van der Waals surface area (Å²) in [4.78, 5) is 21.3. The Bertz CT molecular complexity index is 1010. The Hall–Kier alpha value is -2.94. The van der Waals surface area contributed by atoms with E-state index in [0.29, 0.717) is 29.0 Å². The number of aryl methyl sites for hydroxylation is 1. The third-order valence-corrected chi connectivity index (χ3v) is 3.83. The highest BCUT2D eigenvalue weighted by Gasteiger charge is 2.19. The molecule has 3 aromatic rings. The SMILES string of the molecule is Cn1c(=O)n(CC(C)(C)C)c2ccc(-c3cnccc3C#N)nc21. The molecule has 0 fully saturated rings. The molecule has 0 bridgehead atoms. The molecular weight excluding hydrogens is 302 g/mol. The van der Waals surface area contributed by atoms with Gasteiger partial charge in [0.1, 0.15) is 0 Å². The molecule has 24 heavy (non-hydrogen) atoms. The maximum atomic E-state index is 12.6. The number of aromatic nitrogens is 4. The number of fused-ring (bicyclic) bond motifs is 1. The second-order valence-corrected chi connectivity index (χ2v) is 7.06. The molecule has 0 unspecified atom stereocenters. The van der Waals surface area contributed by atoms with Crippen molar-refractivity contribution in [1.82, 2.24) is 19.1 Å². The first-order valence-electron chi connectivity index (χ1n) is 7.72. The molecule has 0 N–H and O–H groups in total. The smallest absolute Gasteiger partial charge is 0.290 e. The highest BCUT2D eigenvalue weighted by atomic mass is 16.1. The first kappa shape index (κ1) is 15.9. The zero-order valence-corrected chi connectivity index (χ0v) is 14.2. The number of rotatable bonds is 2. The summed E-state index contributed by atoms with van der Waals surface area (Å²) in [5.41, 5.74) is 3.10. The molecule has 3 heterocycles. The molecule has 6 nitrogen and oxygen atoms in total. The second kappa shape index (κ2) is 5.60. The lowest BCUT2D eigenvalue weighted by molar-refractivity contribution is 0.342. The third-order valence-electron chi connectivity index (χ3n) is 3.83. The molecule has 0 aliphatic rings. The maximum absolute atomic E-state index is 12.6. The molecule has 0 spiro atoms. The number of hydrogen-bond donors (Lipinski definition) is 0. The second-order valence-electron chi connectivity index (χ2n) is 7.06. The third kappa shape index (κ3) is 2.69. The monoisotopic (exact) mass is 321 g/mol. The molecule has 0 aliphatic heterocycles. The van der Waals surface area contributed by atoms with E-state index >= 15 is 0 Å². The van der Waals surface area contributed by atoms with Crippen LogP contribution in [0.1, 0.15) is 26.3 Å². The molecule has 0 saturated heterocycles. The van der Waals surface area contributed by atoms with Crippen molar-refractivity contribution in [3.63, 3.8) is 0 Å². The topological polar surface area (TPSA) is 76.5 Å². The minimum Gasteiger partial charge on any atom is -0.290 e. The average Bonchev–Trinajstić information content (AvgIpc) is 2.78. The summed E-state index contributed by atoms with van der Waals surface area (Å²) in [5, 5.41) is 9.26. The minimum absolute atomic E-state index is 0.0197. The normalized spacial score (nSPS) is 11.6. The summed E-state index contributed by atoms with van der Waals surface area (Å²) >= 11 is 0. The van der Waals surface area contributed by atoms with Gasteiger partial charge in [0, 0.05) is 31.5 Å². The molecule has 3 rings (SSSR count). The van der Waals surface area contributed by atoms with E-state index in [9.17, 15) is 10.1 Å².